The van der Waals surface area contributed by atoms with E-state index in [0.717, 1.165) is 5.57 Å². The first-order chi connectivity index (χ1) is 6.72. The Morgan fingerprint density at radius 1 is 1.57 bits per heavy atom. The maximum atomic E-state index is 9.72. The first-order valence-electron chi connectivity index (χ1n) is 4.39. The van der Waals surface area contributed by atoms with Crippen LogP contribution in [0.1, 0.15) is 6.42 Å². The number of aliphatic hydroxyl groups excluding tert-OH is 1. The monoisotopic (exact) mass is 195 g/mol. The summed E-state index contributed by atoms with van der Waals surface area (Å²) < 4.78 is 10.2. The van der Waals surface area contributed by atoms with Gasteiger partial charge in [0.15, 0.2) is 5.76 Å². The molecule has 0 amide bonds. The van der Waals surface area contributed by atoms with Gasteiger partial charge in [-0.15, -0.1) is 6.58 Å². The summed E-state index contributed by atoms with van der Waals surface area (Å²) in [6.07, 6.45) is 5.76. The van der Waals surface area contributed by atoms with Gasteiger partial charge in [0.05, 0.1) is 19.6 Å². The summed E-state index contributed by atoms with van der Waals surface area (Å²) in [6.45, 7) is 3.62. The smallest absolute Gasteiger partial charge is 0.157 e. The molecule has 77 valence electrons. The SMILES string of the molecule is C=CCC1=CC(OC)[CH]C(OC)=C1O. The van der Waals surface area contributed by atoms with Crippen LogP contribution in [0.25, 0.3) is 0 Å². The molecule has 1 N–H and O–H groups in total. The van der Waals surface area contributed by atoms with Crippen molar-refractivity contribution in [3.63, 3.8) is 0 Å². The quantitative estimate of drug-likeness (QED) is 0.698. The fraction of sp³-hybridized carbons (Fsp3) is 0.364. The molecule has 0 aromatic rings. The Morgan fingerprint density at radius 3 is 2.79 bits per heavy atom. The summed E-state index contributed by atoms with van der Waals surface area (Å²) in [4.78, 5) is 0. The maximum Gasteiger partial charge on any atom is 0.157 e. The fourth-order valence-corrected chi connectivity index (χ4v) is 1.33. The number of hydrogen-bond donors (Lipinski definition) is 1. The van der Waals surface area contributed by atoms with E-state index in [1.165, 1.54) is 7.11 Å². The van der Waals surface area contributed by atoms with Gasteiger partial charge in [-0.2, -0.15) is 0 Å². The van der Waals surface area contributed by atoms with Crippen molar-refractivity contribution in [2.24, 2.45) is 0 Å². The molecule has 1 radical (unpaired) electrons. The van der Waals surface area contributed by atoms with E-state index >= 15 is 0 Å². The third kappa shape index (κ3) is 2.17. The number of rotatable bonds is 4. The first kappa shape index (κ1) is 10.9. The van der Waals surface area contributed by atoms with Crippen LogP contribution < -0.4 is 0 Å². The van der Waals surface area contributed by atoms with Crippen LogP contribution in [0, 0.1) is 6.42 Å². The van der Waals surface area contributed by atoms with Crippen molar-refractivity contribution in [1.82, 2.24) is 0 Å². The average Bonchev–Trinajstić information content (AvgIpc) is 2.21. The highest BCUT2D eigenvalue weighted by atomic mass is 16.5. The highest BCUT2D eigenvalue weighted by Gasteiger charge is 2.22. The van der Waals surface area contributed by atoms with Gasteiger partial charge in [0.1, 0.15) is 5.76 Å². The third-order valence-electron chi connectivity index (χ3n) is 2.07. The maximum absolute atomic E-state index is 9.72. The molecule has 0 bridgehead atoms. The Kier molecular flexibility index (Phi) is 3.77. The molecule has 0 aromatic carbocycles. The molecule has 0 spiro atoms. The number of methoxy groups -OCH3 is 2. The van der Waals surface area contributed by atoms with Crippen LogP contribution in [0.5, 0.6) is 0 Å². The summed E-state index contributed by atoms with van der Waals surface area (Å²) in [5.74, 6) is 0.622. The van der Waals surface area contributed by atoms with Gasteiger partial charge < -0.3 is 14.6 Å². The van der Waals surface area contributed by atoms with Crippen LogP contribution in [0.15, 0.2) is 35.8 Å². The van der Waals surface area contributed by atoms with E-state index in [4.69, 9.17) is 9.47 Å². The Hall–Kier alpha value is -1.22. The van der Waals surface area contributed by atoms with Crippen molar-refractivity contribution in [3.05, 3.63) is 42.2 Å². The molecule has 1 aliphatic carbocycles. The van der Waals surface area contributed by atoms with Crippen LogP contribution >= 0.6 is 0 Å². The van der Waals surface area contributed by atoms with E-state index < -0.39 is 0 Å². The van der Waals surface area contributed by atoms with E-state index in [0.29, 0.717) is 12.2 Å². The van der Waals surface area contributed by atoms with E-state index in [-0.39, 0.29) is 11.9 Å². The summed E-state index contributed by atoms with van der Waals surface area (Å²) >= 11 is 0. The highest BCUT2D eigenvalue weighted by molar-refractivity contribution is 5.39. The summed E-state index contributed by atoms with van der Waals surface area (Å²) in [6, 6.07) is 0. The molecule has 1 aliphatic rings. The minimum Gasteiger partial charge on any atom is -0.504 e. The van der Waals surface area contributed by atoms with Crippen molar-refractivity contribution < 1.29 is 14.6 Å². The van der Waals surface area contributed by atoms with E-state index in [9.17, 15) is 5.11 Å². The average molecular weight is 195 g/mol. The molecular weight excluding hydrogens is 180 g/mol. The molecule has 0 aliphatic heterocycles. The molecule has 14 heavy (non-hydrogen) atoms. The summed E-state index contributed by atoms with van der Waals surface area (Å²) in [5.41, 5.74) is 0.784. The second-order valence-electron chi connectivity index (χ2n) is 2.97. The van der Waals surface area contributed by atoms with Gasteiger partial charge >= 0.3 is 0 Å². The van der Waals surface area contributed by atoms with Crippen molar-refractivity contribution in [2.75, 3.05) is 14.2 Å². The topological polar surface area (TPSA) is 38.7 Å². The zero-order chi connectivity index (χ0) is 10.6. The van der Waals surface area contributed by atoms with Crippen molar-refractivity contribution in [3.8, 4) is 0 Å². The minimum atomic E-state index is -0.143. The van der Waals surface area contributed by atoms with Crippen LogP contribution in [-0.2, 0) is 9.47 Å². The fourth-order valence-electron chi connectivity index (χ4n) is 1.33. The first-order valence-corrected chi connectivity index (χ1v) is 4.39. The lowest BCUT2D eigenvalue weighted by Gasteiger charge is -2.21. The van der Waals surface area contributed by atoms with Gasteiger partial charge in [0.25, 0.3) is 0 Å². The molecule has 0 saturated heterocycles. The largest absolute Gasteiger partial charge is 0.504 e. The van der Waals surface area contributed by atoms with Gasteiger partial charge in [-0.05, 0) is 18.1 Å². The molecule has 1 rings (SSSR count). The molecule has 0 fully saturated rings. The molecule has 1 unspecified atom stereocenters. The Labute approximate surface area is 84.3 Å². The highest BCUT2D eigenvalue weighted by Crippen LogP contribution is 2.26. The Morgan fingerprint density at radius 2 is 2.29 bits per heavy atom. The van der Waals surface area contributed by atoms with Gasteiger partial charge in [0, 0.05) is 7.11 Å². The van der Waals surface area contributed by atoms with E-state index in [1.54, 1.807) is 19.6 Å². The predicted molar refractivity (Wildman–Crippen MR) is 54.7 cm³/mol. The molecule has 3 heteroatoms. The lowest BCUT2D eigenvalue weighted by Crippen LogP contribution is -2.17. The number of ether oxygens (including phenoxy) is 2. The lowest BCUT2D eigenvalue weighted by molar-refractivity contribution is 0.147. The van der Waals surface area contributed by atoms with Crippen molar-refractivity contribution >= 4 is 0 Å². The second kappa shape index (κ2) is 4.86. The van der Waals surface area contributed by atoms with Crippen LogP contribution in [0.4, 0.5) is 0 Å². The van der Waals surface area contributed by atoms with Crippen molar-refractivity contribution in [1.29, 1.82) is 0 Å². The van der Waals surface area contributed by atoms with Crippen LogP contribution in [0.2, 0.25) is 0 Å². The summed E-state index contributed by atoms with van der Waals surface area (Å²) in [5, 5.41) is 9.72. The Balaban J connectivity index is 2.91. The van der Waals surface area contributed by atoms with Crippen LogP contribution in [0.3, 0.4) is 0 Å². The number of allylic oxidation sites excluding steroid dienone is 2. The summed E-state index contributed by atoms with van der Waals surface area (Å²) in [7, 11) is 3.13. The molecular formula is C11H15O3. The predicted octanol–water partition coefficient (Wildman–Crippen LogP) is 2.14. The molecule has 0 aromatic heterocycles. The standard InChI is InChI=1S/C11H15O3/c1-4-5-8-6-9(13-2)7-10(14-3)11(8)12/h4,6-7,9,12H,1,5H2,2-3H3. The Bertz CT molecular complexity index is 276. The molecule has 0 saturated carbocycles. The number of aliphatic hydroxyl groups is 1. The molecule has 1 atom stereocenters. The zero-order valence-electron chi connectivity index (χ0n) is 8.49. The number of hydrogen-bond acceptors (Lipinski definition) is 3. The van der Waals surface area contributed by atoms with E-state index in [1.807, 2.05) is 6.08 Å². The molecule has 0 heterocycles. The second-order valence-corrected chi connectivity index (χ2v) is 2.97. The molecule has 3 nitrogen and oxygen atoms in total. The van der Waals surface area contributed by atoms with E-state index in [2.05, 4.69) is 6.58 Å². The van der Waals surface area contributed by atoms with Gasteiger partial charge in [0.2, 0.25) is 0 Å². The van der Waals surface area contributed by atoms with Gasteiger partial charge in [-0.3, -0.25) is 0 Å². The van der Waals surface area contributed by atoms with Gasteiger partial charge in [-0.1, -0.05) is 6.08 Å². The van der Waals surface area contributed by atoms with Crippen molar-refractivity contribution in [2.45, 2.75) is 12.5 Å². The lowest BCUT2D eigenvalue weighted by atomic mass is 9.98. The third-order valence-corrected chi connectivity index (χ3v) is 2.07. The zero-order valence-corrected chi connectivity index (χ0v) is 8.49. The normalized spacial score (nSPS) is 21.9. The van der Waals surface area contributed by atoms with Crippen LogP contribution in [-0.4, -0.2) is 25.4 Å². The van der Waals surface area contributed by atoms with Gasteiger partial charge in [-0.25, -0.2) is 0 Å². The minimum absolute atomic E-state index is 0.143.